The predicted octanol–water partition coefficient (Wildman–Crippen LogP) is 0.920. The number of carbonyl (C=O) groups excluding carboxylic acids is 3. The first-order valence-corrected chi connectivity index (χ1v) is 7.13. The van der Waals surface area contributed by atoms with Crippen molar-refractivity contribution in [1.82, 2.24) is 9.88 Å². The van der Waals surface area contributed by atoms with Crippen LogP contribution < -0.4 is 16.6 Å². The Morgan fingerprint density at radius 1 is 1.15 bits per heavy atom. The Hall–Kier alpha value is -3.94. The molecule has 1 aromatic heterocycles. The van der Waals surface area contributed by atoms with Gasteiger partial charge in [0.2, 0.25) is 0 Å². The molecule has 1 aliphatic heterocycles. The minimum Gasteiger partial charge on any atom is -0.384 e. The van der Waals surface area contributed by atoms with E-state index in [4.69, 9.17) is 11.0 Å². The van der Waals surface area contributed by atoms with Gasteiger partial charge in [-0.2, -0.15) is 18.4 Å². The fourth-order valence-corrected chi connectivity index (χ4v) is 2.66. The Labute approximate surface area is 147 Å². The maximum atomic E-state index is 12.9. The number of ketones is 1. The summed E-state index contributed by atoms with van der Waals surface area (Å²) in [5.74, 6) is -4.72. The van der Waals surface area contributed by atoms with Crippen molar-refractivity contribution in [3.05, 3.63) is 56.9 Å². The minimum atomic E-state index is -5.29. The third-order valence-electron chi connectivity index (χ3n) is 3.82. The van der Waals surface area contributed by atoms with Crippen molar-refractivity contribution in [2.45, 2.75) is 6.18 Å². The number of imide groups is 1. The molecule has 0 bridgehead atoms. The zero-order chi connectivity index (χ0) is 20.1. The number of Topliss-reactive ketones (excluding diaryl/α,β-unsaturated/α-hetero) is 1. The van der Waals surface area contributed by atoms with Crippen LogP contribution in [0.15, 0.2) is 29.1 Å². The lowest BCUT2D eigenvalue weighted by molar-refractivity contribution is -0.0885. The summed E-state index contributed by atoms with van der Waals surface area (Å²) in [6.45, 7) is 0. The van der Waals surface area contributed by atoms with Crippen LogP contribution >= 0.6 is 0 Å². The number of pyridine rings is 1. The average Bonchev–Trinajstić information content (AvgIpc) is 2.87. The van der Waals surface area contributed by atoms with Gasteiger partial charge in [0, 0.05) is 6.07 Å². The zero-order valence-corrected chi connectivity index (χ0v) is 13.0. The number of anilines is 1. The maximum absolute atomic E-state index is 12.9. The van der Waals surface area contributed by atoms with Gasteiger partial charge in [0.25, 0.3) is 23.2 Å². The van der Waals surface area contributed by atoms with E-state index >= 15 is 0 Å². The number of rotatable bonds is 2. The molecule has 1 aromatic carbocycles. The van der Waals surface area contributed by atoms with Gasteiger partial charge in [-0.3, -0.25) is 29.1 Å². The number of nitrogen functional groups attached to an aromatic ring is 1. The van der Waals surface area contributed by atoms with E-state index in [0.717, 1.165) is 18.2 Å². The lowest BCUT2D eigenvalue weighted by atomic mass is 10.0. The van der Waals surface area contributed by atoms with Crippen molar-refractivity contribution >= 4 is 23.4 Å². The Bertz CT molecular complexity index is 1140. The number of benzene rings is 1. The van der Waals surface area contributed by atoms with Gasteiger partial charge in [-0.05, 0) is 18.2 Å². The van der Waals surface area contributed by atoms with E-state index in [1.165, 1.54) is 0 Å². The number of aromatic nitrogens is 1. The molecule has 0 aliphatic carbocycles. The number of nitrogens with zero attached hydrogens (tertiary/aromatic N) is 2. The van der Waals surface area contributed by atoms with E-state index in [1.54, 1.807) is 6.07 Å². The zero-order valence-electron chi connectivity index (χ0n) is 13.0. The summed E-state index contributed by atoms with van der Waals surface area (Å²) in [5, 5.41) is 10.8. The summed E-state index contributed by atoms with van der Waals surface area (Å²) in [6, 6.07) is 4.98. The van der Waals surface area contributed by atoms with Crippen LogP contribution in [-0.2, 0) is 0 Å². The van der Waals surface area contributed by atoms with Gasteiger partial charge in [0.15, 0.2) is 0 Å². The third-order valence-corrected chi connectivity index (χ3v) is 3.82. The summed E-state index contributed by atoms with van der Waals surface area (Å²) >= 11 is 0. The van der Waals surface area contributed by atoms with Crippen molar-refractivity contribution < 1.29 is 27.6 Å². The monoisotopic (exact) mass is 376 g/mol. The molecule has 0 atom stereocenters. The molecule has 0 saturated carbocycles. The second kappa shape index (κ2) is 5.80. The first-order valence-electron chi connectivity index (χ1n) is 7.13. The molecule has 0 radical (unpaired) electrons. The summed E-state index contributed by atoms with van der Waals surface area (Å²) in [7, 11) is 0. The Morgan fingerprint density at radius 2 is 1.81 bits per heavy atom. The molecule has 0 saturated heterocycles. The molecule has 8 nitrogen and oxygen atoms in total. The molecule has 2 aromatic rings. The van der Waals surface area contributed by atoms with Crippen molar-refractivity contribution in [1.29, 1.82) is 5.26 Å². The van der Waals surface area contributed by atoms with Crippen molar-refractivity contribution in [3.63, 3.8) is 0 Å². The first kappa shape index (κ1) is 17.9. The Kier molecular flexibility index (Phi) is 3.84. The van der Waals surface area contributed by atoms with Crippen molar-refractivity contribution in [2.24, 2.45) is 0 Å². The van der Waals surface area contributed by atoms with E-state index in [2.05, 4.69) is 0 Å². The molecule has 0 fully saturated rings. The van der Waals surface area contributed by atoms with E-state index in [-0.39, 0.29) is 11.1 Å². The second-order valence-electron chi connectivity index (χ2n) is 5.45. The largest absolute Gasteiger partial charge is 0.454 e. The highest BCUT2D eigenvalue weighted by molar-refractivity contribution is 6.23. The van der Waals surface area contributed by atoms with E-state index in [9.17, 15) is 32.3 Å². The third kappa shape index (κ3) is 2.73. The number of carbonyl (C=O) groups is 3. The lowest BCUT2D eigenvalue weighted by Crippen LogP contribution is -2.29. The van der Waals surface area contributed by atoms with Gasteiger partial charge in [-0.25, -0.2) is 0 Å². The number of nitrogens with one attached hydrogen (secondary N) is 1. The molecule has 3 N–H and O–H groups in total. The number of nitrogens with two attached hydrogens (primary N) is 1. The van der Waals surface area contributed by atoms with Crippen LogP contribution in [0.2, 0.25) is 0 Å². The van der Waals surface area contributed by atoms with E-state index in [0.29, 0.717) is 10.6 Å². The molecule has 11 heteroatoms. The van der Waals surface area contributed by atoms with Gasteiger partial charge in [-0.1, -0.05) is 0 Å². The summed E-state index contributed by atoms with van der Waals surface area (Å²) < 4.78 is 39.3. The minimum absolute atomic E-state index is 0.257. The maximum Gasteiger partial charge on any atom is 0.454 e. The fourth-order valence-electron chi connectivity index (χ4n) is 2.66. The van der Waals surface area contributed by atoms with Crippen LogP contribution in [0, 0.1) is 11.3 Å². The molecular formula is C16H7F3N4O4. The van der Waals surface area contributed by atoms with Gasteiger partial charge in [-0.15, -0.1) is 0 Å². The standard InChI is InChI=1S/C16H7F3N4O4/c17-16(18,19)12(25)7-3-6(5-20)1-2-9(7)23-10(24)4-8-11(13(23)21)15(27)22-14(8)26/h1-4H,21H2,(H,22,26,27). The summed E-state index contributed by atoms with van der Waals surface area (Å²) in [4.78, 5) is 47.6. The van der Waals surface area contributed by atoms with Crippen LogP contribution in [0.5, 0.6) is 0 Å². The molecule has 1 aliphatic rings. The van der Waals surface area contributed by atoms with Gasteiger partial charge in [0.1, 0.15) is 5.82 Å². The van der Waals surface area contributed by atoms with Crippen LogP contribution in [0.4, 0.5) is 19.0 Å². The highest BCUT2D eigenvalue weighted by Gasteiger charge is 2.41. The molecule has 136 valence electrons. The fraction of sp³-hybridized carbons (Fsp3) is 0.0625. The predicted molar refractivity (Wildman–Crippen MR) is 83.3 cm³/mol. The smallest absolute Gasteiger partial charge is 0.384 e. The van der Waals surface area contributed by atoms with Gasteiger partial charge < -0.3 is 5.73 Å². The van der Waals surface area contributed by atoms with Crippen LogP contribution in [0.1, 0.15) is 36.6 Å². The average molecular weight is 376 g/mol. The summed E-state index contributed by atoms with van der Waals surface area (Å²) in [5.41, 5.74) is 2.18. The second-order valence-corrected chi connectivity index (χ2v) is 5.45. The van der Waals surface area contributed by atoms with E-state index < -0.39 is 52.0 Å². The Morgan fingerprint density at radius 3 is 2.41 bits per heavy atom. The number of fused-ring (bicyclic) bond motifs is 1. The number of halogens is 3. The number of nitriles is 1. The molecule has 0 unspecified atom stereocenters. The molecular weight excluding hydrogens is 369 g/mol. The van der Waals surface area contributed by atoms with Crippen LogP contribution in [0.25, 0.3) is 5.69 Å². The quantitative estimate of drug-likeness (QED) is 0.591. The molecule has 0 spiro atoms. The highest BCUT2D eigenvalue weighted by atomic mass is 19.4. The molecule has 3 rings (SSSR count). The number of amides is 2. The number of alkyl halides is 3. The SMILES string of the molecule is N#Cc1ccc(-n2c(N)c3c(cc2=O)C(=O)NC3=O)c(C(=O)C(F)(F)F)c1. The summed E-state index contributed by atoms with van der Waals surface area (Å²) in [6.07, 6.45) is -5.29. The number of hydrogen-bond acceptors (Lipinski definition) is 6. The van der Waals surface area contributed by atoms with Crippen molar-refractivity contribution in [2.75, 3.05) is 5.73 Å². The first-order chi connectivity index (χ1) is 12.6. The van der Waals surface area contributed by atoms with Crippen LogP contribution in [0.3, 0.4) is 0 Å². The molecule has 27 heavy (non-hydrogen) atoms. The van der Waals surface area contributed by atoms with Crippen LogP contribution in [-0.4, -0.2) is 28.3 Å². The topological polar surface area (TPSA) is 135 Å². The highest BCUT2D eigenvalue weighted by Crippen LogP contribution is 2.29. The Balaban J connectivity index is 2.37. The number of hydrogen-bond donors (Lipinski definition) is 2. The van der Waals surface area contributed by atoms with E-state index in [1.807, 2.05) is 5.32 Å². The van der Waals surface area contributed by atoms with Gasteiger partial charge >= 0.3 is 6.18 Å². The van der Waals surface area contributed by atoms with Crippen molar-refractivity contribution in [3.8, 4) is 11.8 Å². The molecule has 2 heterocycles. The molecule has 2 amide bonds. The lowest BCUT2D eigenvalue weighted by Gasteiger charge is -2.16. The van der Waals surface area contributed by atoms with Gasteiger partial charge in [0.05, 0.1) is 34.0 Å². The normalized spacial score (nSPS) is 13.1.